The lowest BCUT2D eigenvalue weighted by Gasteiger charge is -2.40. The van der Waals surface area contributed by atoms with Crippen LogP contribution in [0.15, 0.2) is 35.9 Å². The molecule has 0 atom stereocenters. The van der Waals surface area contributed by atoms with Gasteiger partial charge in [0.15, 0.2) is 0 Å². The van der Waals surface area contributed by atoms with Crippen LogP contribution in [0.4, 0.5) is 57.1 Å². The van der Waals surface area contributed by atoms with E-state index in [9.17, 15) is 66.7 Å². The van der Waals surface area contributed by atoms with Crippen molar-refractivity contribution in [2.75, 3.05) is 20.3 Å². The molecule has 42 heavy (non-hydrogen) atoms. The summed E-state index contributed by atoms with van der Waals surface area (Å²) in [7, 11) is 0.520. The molecule has 5 nitrogen and oxygen atoms in total. The molecular weight excluding hydrogens is 615 g/mol. The smallest absolute Gasteiger partial charge is 0.460 e. The summed E-state index contributed by atoms with van der Waals surface area (Å²) in [5, 5.41) is 0. The number of carbonyl (C=O) groups is 2. The summed E-state index contributed by atoms with van der Waals surface area (Å²) < 4.78 is 190. The van der Waals surface area contributed by atoms with E-state index in [0.29, 0.717) is 19.2 Å². The van der Waals surface area contributed by atoms with Crippen molar-refractivity contribution in [1.29, 1.82) is 0 Å². The Kier molecular flexibility index (Phi) is 10.8. The summed E-state index contributed by atoms with van der Waals surface area (Å²) in [5.41, 5.74) is -2.78. The normalized spacial score (nSPS) is 14.0. The average molecular weight is 636 g/mol. The number of methoxy groups -OCH3 is 1. The van der Waals surface area contributed by atoms with Gasteiger partial charge < -0.3 is 14.2 Å². The van der Waals surface area contributed by atoms with Gasteiger partial charge in [0.2, 0.25) is 0 Å². The zero-order valence-electron chi connectivity index (χ0n) is 21.6. The first-order chi connectivity index (χ1) is 18.8. The molecule has 18 heteroatoms. The van der Waals surface area contributed by atoms with Gasteiger partial charge in [0.1, 0.15) is 19.0 Å². The van der Waals surface area contributed by atoms with Crippen molar-refractivity contribution in [2.45, 2.75) is 56.1 Å². The fourth-order valence-corrected chi connectivity index (χ4v) is 2.99. The van der Waals surface area contributed by atoms with Crippen LogP contribution in [0.2, 0.25) is 0 Å². The number of alkyl halides is 13. The summed E-state index contributed by atoms with van der Waals surface area (Å²) in [6.07, 6.45) is -6.72. The maximum absolute atomic E-state index is 14.7. The molecule has 238 valence electrons. The zero-order valence-corrected chi connectivity index (χ0v) is 21.6. The number of benzene rings is 1. The third-order valence-corrected chi connectivity index (χ3v) is 5.38. The Morgan fingerprint density at radius 3 is 1.69 bits per heavy atom. The predicted molar refractivity (Wildman–Crippen MR) is 118 cm³/mol. The van der Waals surface area contributed by atoms with Gasteiger partial charge in [0.25, 0.3) is 0 Å². The Balaban J connectivity index is 3.43. The molecule has 0 amide bonds. The van der Waals surface area contributed by atoms with E-state index in [2.05, 4.69) is 16.1 Å². The van der Waals surface area contributed by atoms with Gasteiger partial charge in [-0.05, 0) is 37.1 Å². The number of hydrogen-bond donors (Lipinski definition) is 0. The molecule has 0 aliphatic heterocycles. The van der Waals surface area contributed by atoms with Crippen molar-refractivity contribution in [3.63, 3.8) is 0 Å². The lowest BCUT2D eigenvalue weighted by molar-refractivity contribution is -0.441. The minimum atomic E-state index is -8.04. The van der Waals surface area contributed by atoms with Crippen LogP contribution in [-0.2, 0) is 25.0 Å². The summed E-state index contributed by atoms with van der Waals surface area (Å²) in [5.74, 6) is -41.2. The molecule has 0 aromatic heterocycles. The summed E-state index contributed by atoms with van der Waals surface area (Å²) >= 11 is 0. The molecule has 0 saturated heterocycles. The van der Waals surface area contributed by atoms with Crippen molar-refractivity contribution in [2.24, 2.45) is 0 Å². The summed E-state index contributed by atoms with van der Waals surface area (Å²) in [6, 6.07) is 0.821. The molecule has 0 bridgehead atoms. The number of carbonyl (C=O) groups excluding carboxylic acids is 2. The third-order valence-electron chi connectivity index (χ3n) is 5.38. The summed E-state index contributed by atoms with van der Waals surface area (Å²) in [6.45, 7) is 5.21. The molecule has 0 spiro atoms. The number of ether oxygens (including phenoxy) is 3. The van der Waals surface area contributed by atoms with Crippen LogP contribution in [0.3, 0.4) is 0 Å². The van der Waals surface area contributed by atoms with Crippen LogP contribution in [0.5, 0.6) is 5.75 Å². The van der Waals surface area contributed by atoms with Crippen LogP contribution >= 0.6 is 0 Å². The number of hydrogen-bond acceptors (Lipinski definition) is 5. The average Bonchev–Trinajstić information content (AvgIpc) is 2.87. The minimum absolute atomic E-state index is 0.0490. The van der Waals surface area contributed by atoms with Gasteiger partial charge in [-0.2, -0.15) is 57.1 Å². The topological polar surface area (TPSA) is 61.8 Å². The van der Waals surface area contributed by atoms with Crippen molar-refractivity contribution in [3.8, 4) is 5.75 Å². The molecule has 0 aliphatic rings. The minimum Gasteiger partial charge on any atom is -0.496 e. The molecule has 1 aromatic carbocycles. The maximum atomic E-state index is 14.7. The number of esters is 2. The Hall–Kier alpha value is -3.47. The van der Waals surface area contributed by atoms with E-state index >= 15 is 0 Å². The highest BCUT2D eigenvalue weighted by molar-refractivity contribution is 5.93. The zero-order chi connectivity index (χ0) is 33.1. The standard InChI is InChI=1S/C24H21F13O5/c1-5-14(18(39)42-9-8-41-17(38)12(2)3)10-13-6-7-15(16(11-13)40-4)19(25,26)20(27,28)21(29,30)22(31,32)23(33,34)24(35,36)37/h6-7,10-11H,2,5,8-9H2,1,3-4H3. The van der Waals surface area contributed by atoms with E-state index in [1.165, 1.54) is 13.8 Å². The van der Waals surface area contributed by atoms with Crippen LogP contribution in [0.25, 0.3) is 6.08 Å². The van der Waals surface area contributed by atoms with E-state index in [0.717, 1.165) is 6.08 Å². The molecule has 0 saturated carbocycles. The number of halogens is 13. The van der Waals surface area contributed by atoms with Gasteiger partial charge in [-0.1, -0.05) is 19.6 Å². The second-order valence-corrected chi connectivity index (χ2v) is 8.40. The van der Waals surface area contributed by atoms with E-state index < -0.39 is 72.3 Å². The monoisotopic (exact) mass is 636 g/mol. The number of rotatable bonds is 13. The van der Waals surface area contributed by atoms with Crippen LogP contribution < -0.4 is 4.74 Å². The first kappa shape index (κ1) is 36.6. The Bertz CT molecular complexity index is 1200. The molecule has 0 N–H and O–H groups in total. The molecular formula is C24H21F13O5. The van der Waals surface area contributed by atoms with Gasteiger partial charge in [-0.25, -0.2) is 9.59 Å². The van der Waals surface area contributed by atoms with Gasteiger partial charge >= 0.3 is 47.7 Å². The predicted octanol–water partition coefficient (Wildman–Crippen LogP) is 7.35. The van der Waals surface area contributed by atoms with Crippen molar-refractivity contribution in [1.82, 2.24) is 0 Å². The maximum Gasteiger partial charge on any atom is 0.460 e. The SMILES string of the molecule is C=C(C)C(=O)OCCOC(=O)C(=Cc1ccc(C(F)(F)C(F)(F)C(F)(F)C(F)(F)C(F)(F)C(F)(F)F)c(OC)c1)CC. The molecule has 0 unspecified atom stereocenters. The molecule has 0 radical (unpaired) electrons. The first-order valence-corrected chi connectivity index (χ1v) is 11.2. The third kappa shape index (κ3) is 6.61. The highest BCUT2D eigenvalue weighted by Gasteiger charge is 2.91. The van der Waals surface area contributed by atoms with Crippen molar-refractivity contribution in [3.05, 3.63) is 47.1 Å². The molecule has 1 aromatic rings. The van der Waals surface area contributed by atoms with Crippen LogP contribution in [0, 0.1) is 0 Å². The Labute approximate surface area is 228 Å². The lowest BCUT2D eigenvalue weighted by Crippen LogP contribution is -2.69. The largest absolute Gasteiger partial charge is 0.496 e. The molecule has 0 aliphatic carbocycles. The van der Waals surface area contributed by atoms with Crippen LogP contribution in [0.1, 0.15) is 31.4 Å². The van der Waals surface area contributed by atoms with Crippen molar-refractivity contribution < 1.29 is 80.9 Å². The van der Waals surface area contributed by atoms with Gasteiger partial charge in [-0.15, -0.1) is 0 Å². The van der Waals surface area contributed by atoms with Gasteiger partial charge in [-0.3, -0.25) is 0 Å². The highest BCUT2D eigenvalue weighted by Crippen LogP contribution is 2.62. The van der Waals surface area contributed by atoms with E-state index in [1.807, 2.05) is 0 Å². The summed E-state index contributed by atoms with van der Waals surface area (Å²) in [4.78, 5) is 23.5. The second-order valence-electron chi connectivity index (χ2n) is 8.40. The fourth-order valence-electron chi connectivity index (χ4n) is 2.99. The van der Waals surface area contributed by atoms with Crippen LogP contribution in [-0.4, -0.2) is 62.1 Å². The highest BCUT2D eigenvalue weighted by atomic mass is 19.4. The Morgan fingerprint density at radius 1 is 0.786 bits per heavy atom. The van der Waals surface area contributed by atoms with Crippen molar-refractivity contribution >= 4 is 18.0 Å². The molecule has 0 heterocycles. The fraction of sp³-hybridized carbons (Fsp3) is 0.500. The quantitative estimate of drug-likeness (QED) is 0.0982. The van der Waals surface area contributed by atoms with E-state index in [1.54, 1.807) is 0 Å². The second kappa shape index (κ2) is 12.4. The lowest BCUT2D eigenvalue weighted by atomic mass is 9.89. The Morgan fingerprint density at radius 2 is 1.26 bits per heavy atom. The van der Waals surface area contributed by atoms with E-state index in [4.69, 9.17) is 4.74 Å². The van der Waals surface area contributed by atoms with Gasteiger partial charge in [0, 0.05) is 11.1 Å². The molecule has 1 rings (SSSR count). The van der Waals surface area contributed by atoms with E-state index in [-0.39, 0.29) is 29.2 Å². The first-order valence-electron chi connectivity index (χ1n) is 11.2. The molecule has 0 fully saturated rings. The van der Waals surface area contributed by atoms with Gasteiger partial charge in [0.05, 0.1) is 12.7 Å².